The Morgan fingerprint density at radius 3 is 3.33 bits per heavy atom. The highest BCUT2D eigenvalue weighted by Crippen LogP contribution is 2.23. The maximum absolute atomic E-state index is 3.94. The van der Waals surface area contributed by atoms with Crippen molar-refractivity contribution in [2.45, 2.75) is 19.4 Å². The standard InChI is InChI=1S/C10H14NS/c1-2-11-6-3-4-9-5-7-12-10(9)8-11/h5,7H,1-4,6,8H2. The number of thiophene rings is 1. The highest BCUT2D eigenvalue weighted by Gasteiger charge is 2.13. The van der Waals surface area contributed by atoms with Crippen LogP contribution >= 0.6 is 11.3 Å². The summed E-state index contributed by atoms with van der Waals surface area (Å²) in [5, 5.41) is 2.21. The van der Waals surface area contributed by atoms with E-state index < -0.39 is 0 Å². The second-order valence-electron chi connectivity index (χ2n) is 3.25. The van der Waals surface area contributed by atoms with Crippen LogP contribution in [0, 0.1) is 6.92 Å². The van der Waals surface area contributed by atoms with Crippen LogP contribution in [-0.2, 0) is 13.0 Å². The van der Waals surface area contributed by atoms with E-state index in [0.717, 1.165) is 13.1 Å². The predicted octanol–water partition coefficient (Wildman–Crippen LogP) is 2.33. The minimum absolute atomic E-state index is 0.942. The van der Waals surface area contributed by atoms with Crippen LogP contribution in [0.3, 0.4) is 0 Å². The summed E-state index contributed by atoms with van der Waals surface area (Å²) in [6, 6.07) is 2.27. The topological polar surface area (TPSA) is 3.24 Å². The molecular weight excluding hydrogens is 166 g/mol. The Balaban J connectivity index is 2.18. The smallest absolute Gasteiger partial charge is 0.0330 e. The van der Waals surface area contributed by atoms with Gasteiger partial charge in [0.2, 0.25) is 0 Å². The second-order valence-corrected chi connectivity index (χ2v) is 4.25. The van der Waals surface area contributed by atoms with Gasteiger partial charge >= 0.3 is 0 Å². The Bertz CT molecular complexity index is 254. The Morgan fingerprint density at radius 2 is 2.50 bits per heavy atom. The maximum Gasteiger partial charge on any atom is 0.0330 e. The van der Waals surface area contributed by atoms with Gasteiger partial charge in [-0.05, 0) is 49.9 Å². The van der Waals surface area contributed by atoms with Crippen LogP contribution in [-0.4, -0.2) is 18.0 Å². The van der Waals surface area contributed by atoms with Gasteiger partial charge in [-0.25, -0.2) is 0 Å². The van der Waals surface area contributed by atoms with Crippen LogP contribution in [0.4, 0.5) is 0 Å². The molecule has 65 valence electrons. The fourth-order valence-electron chi connectivity index (χ4n) is 1.69. The number of aryl methyl sites for hydroxylation is 1. The molecule has 1 aliphatic rings. The molecule has 1 nitrogen and oxygen atoms in total. The van der Waals surface area contributed by atoms with E-state index >= 15 is 0 Å². The molecule has 0 N–H and O–H groups in total. The molecule has 0 saturated heterocycles. The zero-order valence-electron chi connectivity index (χ0n) is 7.25. The summed E-state index contributed by atoms with van der Waals surface area (Å²) in [7, 11) is 0. The van der Waals surface area contributed by atoms with Crippen molar-refractivity contribution in [2.75, 3.05) is 13.1 Å². The molecule has 0 unspecified atom stereocenters. The Labute approximate surface area is 78.0 Å². The zero-order valence-corrected chi connectivity index (χ0v) is 8.07. The summed E-state index contributed by atoms with van der Waals surface area (Å²) in [4.78, 5) is 3.97. The number of hydrogen-bond acceptors (Lipinski definition) is 2. The van der Waals surface area contributed by atoms with Crippen LogP contribution < -0.4 is 0 Å². The molecule has 1 aromatic rings. The zero-order chi connectivity index (χ0) is 8.39. The molecule has 2 heterocycles. The molecule has 0 fully saturated rings. The van der Waals surface area contributed by atoms with Gasteiger partial charge in [0.05, 0.1) is 0 Å². The number of nitrogens with zero attached hydrogens (tertiary/aromatic N) is 1. The van der Waals surface area contributed by atoms with Crippen molar-refractivity contribution >= 4 is 11.3 Å². The molecule has 2 rings (SSSR count). The highest BCUT2D eigenvalue weighted by atomic mass is 32.1. The minimum atomic E-state index is 0.942. The number of fused-ring (bicyclic) bond motifs is 1. The molecule has 0 saturated carbocycles. The summed E-state index contributed by atoms with van der Waals surface area (Å²) in [5.74, 6) is 0. The van der Waals surface area contributed by atoms with E-state index in [1.165, 1.54) is 19.4 Å². The molecule has 1 radical (unpaired) electrons. The van der Waals surface area contributed by atoms with Crippen LogP contribution in [0.25, 0.3) is 0 Å². The molecule has 0 bridgehead atoms. The van der Waals surface area contributed by atoms with Gasteiger partial charge in [-0.3, -0.25) is 4.90 Å². The summed E-state index contributed by atoms with van der Waals surface area (Å²) in [6.45, 7) is 7.22. The molecule has 1 aromatic heterocycles. The predicted molar refractivity (Wildman–Crippen MR) is 53.3 cm³/mol. The molecule has 0 aromatic carbocycles. The Morgan fingerprint density at radius 1 is 1.58 bits per heavy atom. The van der Waals surface area contributed by atoms with Crippen molar-refractivity contribution < 1.29 is 0 Å². The van der Waals surface area contributed by atoms with E-state index in [1.807, 2.05) is 11.3 Å². The van der Waals surface area contributed by atoms with Crippen molar-refractivity contribution in [1.82, 2.24) is 4.90 Å². The summed E-state index contributed by atoms with van der Waals surface area (Å²) in [6.07, 6.45) is 2.55. The number of rotatable bonds is 1. The monoisotopic (exact) mass is 180 g/mol. The van der Waals surface area contributed by atoms with Crippen LogP contribution in [0.5, 0.6) is 0 Å². The quantitative estimate of drug-likeness (QED) is 0.641. The van der Waals surface area contributed by atoms with E-state index in [0.29, 0.717) is 0 Å². The van der Waals surface area contributed by atoms with Gasteiger partial charge in [0.1, 0.15) is 0 Å². The molecule has 0 amide bonds. The van der Waals surface area contributed by atoms with Crippen molar-refractivity contribution in [3.63, 3.8) is 0 Å². The third-order valence-corrected chi connectivity index (χ3v) is 3.39. The third-order valence-electron chi connectivity index (χ3n) is 2.44. The molecule has 0 aliphatic carbocycles. The SMILES string of the molecule is [CH2]CN1CCCc2ccsc2C1. The first-order valence-electron chi connectivity index (χ1n) is 4.47. The normalized spacial score (nSPS) is 18.8. The highest BCUT2D eigenvalue weighted by molar-refractivity contribution is 7.10. The fourth-order valence-corrected chi connectivity index (χ4v) is 2.67. The lowest BCUT2D eigenvalue weighted by Crippen LogP contribution is -2.22. The third kappa shape index (κ3) is 1.54. The molecule has 0 spiro atoms. The van der Waals surface area contributed by atoms with Crippen LogP contribution in [0.15, 0.2) is 11.4 Å². The number of hydrogen-bond donors (Lipinski definition) is 0. The van der Waals surface area contributed by atoms with Crippen molar-refractivity contribution in [1.29, 1.82) is 0 Å². The van der Waals surface area contributed by atoms with Crippen LogP contribution in [0.1, 0.15) is 16.9 Å². The lowest BCUT2D eigenvalue weighted by molar-refractivity contribution is 0.300. The van der Waals surface area contributed by atoms with E-state index in [-0.39, 0.29) is 0 Å². The van der Waals surface area contributed by atoms with Gasteiger partial charge in [-0.1, -0.05) is 0 Å². The van der Waals surface area contributed by atoms with Gasteiger partial charge in [0.15, 0.2) is 0 Å². The average molecular weight is 180 g/mol. The van der Waals surface area contributed by atoms with E-state index in [2.05, 4.69) is 23.3 Å². The summed E-state index contributed by atoms with van der Waals surface area (Å²) < 4.78 is 0. The van der Waals surface area contributed by atoms with Gasteiger partial charge in [0.25, 0.3) is 0 Å². The second kappa shape index (κ2) is 3.58. The van der Waals surface area contributed by atoms with E-state index in [1.54, 1.807) is 10.4 Å². The molecule has 2 heteroatoms. The molecule has 12 heavy (non-hydrogen) atoms. The minimum Gasteiger partial charge on any atom is -0.298 e. The van der Waals surface area contributed by atoms with Gasteiger partial charge in [-0.15, -0.1) is 11.3 Å². The van der Waals surface area contributed by atoms with Crippen molar-refractivity contribution in [2.24, 2.45) is 0 Å². The lowest BCUT2D eigenvalue weighted by Gasteiger charge is -2.16. The fraction of sp³-hybridized carbons (Fsp3) is 0.500. The Hall–Kier alpha value is -0.340. The van der Waals surface area contributed by atoms with E-state index in [4.69, 9.17) is 0 Å². The summed E-state index contributed by atoms with van der Waals surface area (Å²) in [5.41, 5.74) is 1.57. The molecular formula is C10H14NS. The van der Waals surface area contributed by atoms with Gasteiger partial charge in [-0.2, -0.15) is 0 Å². The van der Waals surface area contributed by atoms with Gasteiger partial charge in [0, 0.05) is 11.4 Å². The summed E-state index contributed by atoms with van der Waals surface area (Å²) >= 11 is 1.89. The molecule has 1 aliphatic heterocycles. The van der Waals surface area contributed by atoms with Crippen molar-refractivity contribution in [3.8, 4) is 0 Å². The average Bonchev–Trinajstić information content (AvgIpc) is 2.43. The van der Waals surface area contributed by atoms with Gasteiger partial charge < -0.3 is 0 Å². The van der Waals surface area contributed by atoms with E-state index in [9.17, 15) is 0 Å². The van der Waals surface area contributed by atoms with Crippen molar-refractivity contribution in [3.05, 3.63) is 28.8 Å². The van der Waals surface area contributed by atoms with Crippen LogP contribution in [0.2, 0.25) is 0 Å². The largest absolute Gasteiger partial charge is 0.298 e. The molecule has 0 atom stereocenters. The first-order valence-corrected chi connectivity index (χ1v) is 5.35. The Kier molecular flexibility index (Phi) is 2.47. The first-order chi connectivity index (χ1) is 5.90. The maximum atomic E-state index is 3.94. The lowest BCUT2D eigenvalue weighted by atomic mass is 10.2. The first kappa shape index (κ1) is 8.27.